The number of nitrogens with one attached hydrogen (secondary N) is 1. The lowest BCUT2D eigenvalue weighted by Crippen LogP contribution is -2.37. The third kappa shape index (κ3) is 3.61. The Bertz CT molecular complexity index is 954. The maximum absolute atomic E-state index is 12.6. The molecule has 8 heteroatoms. The van der Waals surface area contributed by atoms with Gasteiger partial charge in [0.2, 0.25) is 11.9 Å². The predicted octanol–water partition coefficient (Wildman–Crippen LogP) is 1.92. The van der Waals surface area contributed by atoms with Crippen LogP contribution >= 0.6 is 0 Å². The summed E-state index contributed by atoms with van der Waals surface area (Å²) < 4.78 is 7.21. The van der Waals surface area contributed by atoms with Crippen molar-refractivity contribution in [2.75, 3.05) is 36.5 Å². The van der Waals surface area contributed by atoms with Crippen molar-refractivity contribution in [3.63, 3.8) is 0 Å². The highest BCUT2D eigenvalue weighted by Crippen LogP contribution is 2.21. The maximum Gasteiger partial charge on any atom is 0.244 e. The number of fused-ring (bicyclic) bond motifs is 1. The molecule has 1 fully saturated rings. The van der Waals surface area contributed by atoms with Gasteiger partial charge in [-0.05, 0) is 26.0 Å². The van der Waals surface area contributed by atoms with Gasteiger partial charge in [0.1, 0.15) is 6.54 Å². The summed E-state index contributed by atoms with van der Waals surface area (Å²) in [4.78, 5) is 28.2. The number of benzene rings is 1. The molecule has 1 N–H and O–H groups in total. The Labute approximate surface area is 157 Å². The Morgan fingerprint density at radius 2 is 1.85 bits per heavy atom. The van der Waals surface area contributed by atoms with Gasteiger partial charge in [0.15, 0.2) is 0 Å². The summed E-state index contributed by atoms with van der Waals surface area (Å²) in [5, 5.41) is 2.96. The summed E-state index contributed by atoms with van der Waals surface area (Å²) in [5.41, 5.74) is 3.98. The molecule has 0 saturated carbocycles. The van der Waals surface area contributed by atoms with Crippen molar-refractivity contribution in [3.8, 4) is 0 Å². The molecule has 0 bridgehead atoms. The molecule has 0 spiro atoms. The van der Waals surface area contributed by atoms with Crippen LogP contribution in [0.2, 0.25) is 0 Å². The number of aromatic nitrogens is 4. The van der Waals surface area contributed by atoms with E-state index < -0.39 is 0 Å². The van der Waals surface area contributed by atoms with Gasteiger partial charge in [-0.1, -0.05) is 12.1 Å². The average molecular weight is 366 g/mol. The first-order chi connectivity index (χ1) is 13.1. The van der Waals surface area contributed by atoms with Crippen LogP contribution in [-0.4, -0.2) is 51.7 Å². The van der Waals surface area contributed by atoms with E-state index in [0.717, 1.165) is 35.5 Å². The van der Waals surface area contributed by atoms with Gasteiger partial charge in [-0.15, -0.1) is 0 Å². The zero-order chi connectivity index (χ0) is 18.8. The molecule has 1 aromatic carbocycles. The summed E-state index contributed by atoms with van der Waals surface area (Å²) in [6.45, 7) is 6.88. The van der Waals surface area contributed by atoms with Crippen molar-refractivity contribution in [1.29, 1.82) is 0 Å². The minimum atomic E-state index is -0.132. The molecule has 1 amide bonds. The van der Waals surface area contributed by atoms with Crippen LogP contribution in [0.15, 0.2) is 30.6 Å². The number of carbonyl (C=O) groups is 1. The highest BCUT2D eigenvalue weighted by Gasteiger charge is 2.18. The normalized spacial score (nSPS) is 14.5. The van der Waals surface area contributed by atoms with Gasteiger partial charge in [-0.2, -0.15) is 0 Å². The minimum Gasteiger partial charge on any atom is -0.378 e. The standard InChI is InChI=1S/C19H22N6O2/c1-13-18(14(2)22-19(21-13)24-7-9-27-10-8-24)23-17(26)11-25-12-20-15-5-3-4-6-16(15)25/h3-6,12H,7-11H2,1-2H3,(H,23,26). The number of morpholine rings is 1. The number of nitrogens with zero attached hydrogens (tertiary/aromatic N) is 5. The van der Waals surface area contributed by atoms with Crippen LogP contribution in [0, 0.1) is 13.8 Å². The summed E-state index contributed by atoms with van der Waals surface area (Å²) in [6, 6.07) is 7.74. The molecule has 0 aliphatic carbocycles. The minimum absolute atomic E-state index is 0.132. The molecule has 0 atom stereocenters. The molecule has 0 radical (unpaired) electrons. The third-order valence-corrected chi connectivity index (χ3v) is 4.66. The monoisotopic (exact) mass is 366 g/mol. The zero-order valence-electron chi connectivity index (χ0n) is 15.5. The summed E-state index contributed by atoms with van der Waals surface area (Å²) >= 11 is 0. The van der Waals surface area contributed by atoms with Gasteiger partial charge in [0, 0.05) is 13.1 Å². The molecule has 1 aliphatic heterocycles. The van der Waals surface area contributed by atoms with E-state index in [-0.39, 0.29) is 12.5 Å². The molecule has 8 nitrogen and oxygen atoms in total. The molecule has 2 aromatic heterocycles. The number of amides is 1. The molecule has 1 aliphatic rings. The van der Waals surface area contributed by atoms with Gasteiger partial charge in [-0.25, -0.2) is 15.0 Å². The Kier molecular flexibility index (Phi) is 4.72. The van der Waals surface area contributed by atoms with E-state index in [1.807, 2.05) is 42.7 Å². The molecular weight excluding hydrogens is 344 g/mol. The summed E-state index contributed by atoms with van der Waals surface area (Å²) in [7, 11) is 0. The van der Waals surface area contributed by atoms with Crippen molar-refractivity contribution >= 4 is 28.6 Å². The summed E-state index contributed by atoms with van der Waals surface area (Å²) in [6.07, 6.45) is 1.68. The number of rotatable bonds is 4. The second kappa shape index (κ2) is 7.32. The van der Waals surface area contributed by atoms with E-state index in [9.17, 15) is 4.79 Å². The molecule has 0 unspecified atom stereocenters. The number of aryl methyl sites for hydroxylation is 2. The van der Waals surface area contributed by atoms with Gasteiger partial charge < -0.3 is 19.5 Å². The van der Waals surface area contributed by atoms with Gasteiger partial charge >= 0.3 is 0 Å². The molecule has 4 rings (SSSR count). The number of anilines is 2. The number of hydrogen-bond donors (Lipinski definition) is 1. The molecule has 140 valence electrons. The van der Waals surface area contributed by atoms with Gasteiger partial charge in [0.05, 0.1) is 47.6 Å². The summed E-state index contributed by atoms with van der Waals surface area (Å²) in [5.74, 6) is 0.555. The maximum atomic E-state index is 12.6. The third-order valence-electron chi connectivity index (χ3n) is 4.66. The fraction of sp³-hybridized carbons (Fsp3) is 0.368. The molecule has 1 saturated heterocycles. The second-order valence-electron chi connectivity index (χ2n) is 6.58. The number of para-hydroxylation sites is 2. The van der Waals surface area contributed by atoms with E-state index in [4.69, 9.17) is 4.74 Å². The van der Waals surface area contributed by atoms with Crippen LogP contribution in [0.5, 0.6) is 0 Å². The highest BCUT2D eigenvalue weighted by atomic mass is 16.5. The topological polar surface area (TPSA) is 85.2 Å². The number of hydrogen-bond acceptors (Lipinski definition) is 6. The first-order valence-electron chi connectivity index (χ1n) is 8.99. The fourth-order valence-corrected chi connectivity index (χ4v) is 3.25. The van der Waals surface area contributed by atoms with Crippen molar-refractivity contribution in [3.05, 3.63) is 42.0 Å². The van der Waals surface area contributed by atoms with Crippen molar-refractivity contribution in [2.24, 2.45) is 0 Å². The number of imidazole rings is 1. The molecule has 3 heterocycles. The van der Waals surface area contributed by atoms with Crippen molar-refractivity contribution in [2.45, 2.75) is 20.4 Å². The average Bonchev–Trinajstić information content (AvgIpc) is 3.08. The lowest BCUT2D eigenvalue weighted by Gasteiger charge is -2.27. The smallest absolute Gasteiger partial charge is 0.244 e. The van der Waals surface area contributed by atoms with E-state index in [0.29, 0.717) is 24.8 Å². The lowest BCUT2D eigenvalue weighted by atomic mass is 10.2. The first-order valence-corrected chi connectivity index (χ1v) is 8.99. The molecule has 27 heavy (non-hydrogen) atoms. The zero-order valence-corrected chi connectivity index (χ0v) is 15.5. The van der Waals surface area contributed by atoms with Gasteiger partial charge in [-0.3, -0.25) is 4.79 Å². The molecular formula is C19H22N6O2. The van der Waals surface area contributed by atoms with Crippen LogP contribution in [-0.2, 0) is 16.1 Å². The van der Waals surface area contributed by atoms with E-state index in [2.05, 4.69) is 25.2 Å². The van der Waals surface area contributed by atoms with E-state index in [1.54, 1.807) is 6.33 Å². The van der Waals surface area contributed by atoms with Crippen LogP contribution in [0.1, 0.15) is 11.4 Å². The van der Waals surface area contributed by atoms with E-state index >= 15 is 0 Å². The van der Waals surface area contributed by atoms with Crippen LogP contribution in [0.25, 0.3) is 11.0 Å². The fourth-order valence-electron chi connectivity index (χ4n) is 3.25. The SMILES string of the molecule is Cc1nc(N2CCOCC2)nc(C)c1NC(=O)Cn1cnc2ccccc21. The number of carbonyl (C=O) groups excluding carboxylic acids is 1. The Morgan fingerprint density at radius 3 is 2.59 bits per heavy atom. The van der Waals surface area contributed by atoms with Crippen LogP contribution in [0.3, 0.4) is 0 Å². The highest BCUT2D eigenvalue weighted by molar-refractivity contribution is 5.92. The Morgan fingerprint density at radius 1 is 1.15 bits per heavy atom. The van der Waals surface area contributed by atoms with Gasteiger partial charge in [0.25, 0.3) is 0 Å². The quantitative estimate of drug-likeness (QED) is 0.759. The van der Waals surface area contributed by atoms with Crippen molar-refractivity contribution in [1.82, 2.24) is 19.5 Å². The van der Waals surface area contributed by atoms with E-state index in [1.165, 1.54) is 0 Å². The first kappa shape index (κ1) is 17.4. The van der Waals surface area contributed by atoms with Crippen molar-refractivity contribution < 1.29 is 9.53 Å². The molecule has 3 aromatic rings. The Hall–Kier alpha value is -3.00. The predicted molar refractivity (Wildman–Crippen MR) is 103 cm³/mol. The Balaban J connectivity index is 1.50. The largest absolute Gasteiger partial charge is 0.378 e. The van der Waals surface area contributed by atoms with Crippen LogP contribution < -0.4 is 10.2 Å². The second-order valence-corrected chi connectivity index (χ2v) is 6.58. The van der Waals surface area contributed by atoms with Crippen LogP contribution in [0.4, 0.5) is 11.6 Å². The number of ether oxygens (including phenoxy) is 1. The lowest BCUT2D eigenvalue weighted by molar-refractivity contribution is -0.116.